The molecule has 1 unspecified atom stereocenters. The van der Waals surface area contributed by atoms with Crippen molar-refractivity contribution in [1.29, 1.82) is 0 Å². The number of rotatable bonds is 3. The van der Waals surface area contributed by atoms with E-state index in [-0.39, 0.29) is 29.8 Å². The van der Waals surface area contributed by atoms with Crippen molar-refractivity contribution < 1.29 is 14.7 Å². The number of aliphatic hydroxyl groups excluding tert-OH is 1. The van der Waals surface area contributed by atoms with Crippen molar-refractivity contribution in [2.24, 2.45) is 11.3 Å². The zero-order valence-corrected chi connectivity index (χ0v) is 9.74. The van der Waals surface area contributed by atoms with Gasteiger partial charge >= 0.3 is 0 Å². The van der Waals surface area contributed by atoms with Gasteiger partial charge in [0.1, 0.15) is 0 Å². The Kier molecular flexibility index (Phi) is 3.02. The van der Waals surface area contributed by atoms with Crippen LogP contribution in [0.3, 0.4) is 0 Å². The number of hydrogen-bond donors (Lipinski definition) is 1. The van der Waals surface area contributed by atoms with Crippen LogP contribution in [0.15, 0.2) is 0 Å². The molecule has 1 saturated carbocycles. The fourth-order valence-corrected chi connectivity index (χ4v) is 2.84. The van der Waals surface area contributed by atoms with Crippen LogP contribution in [0.5, 0.6) is 0 Å². The van der Waals surface area contributed by atoms with E-state index >= 15 is 0 Å². The Balaban J connectivity index is 2.08. The summed E-state index contributed by atoms with van der Waals surface area (Å²) < 4.78 is 0. The van der Waals surface area contributed by atoms with Gasteiger partial charge in [-0.2, -0.15) is 0 Å². The van der Waals surface area contributed by atoms with E-state index in [9.17, 15) is 14.7 Å². The van der Waals surface area contributed by atoms with Gasteiger partial charge in [-0.15, -0.1) is 0 Å². The molecule has 0 spiro atoms. The van der Waals surface area contributed by atoms with Crippen molar-refractivity contribution in [1.82, 2.24) is 4.90 Å². The SMILES string of the molecule is CC1CC(=O)N(CC2(CO)CCCC2)C1=O. The first kappa shape index (κ1) is 11.6. The van der Waals surface area contributed by atoms with Crippen LogP contribution in [0.2, 0.25) is 0 Å². The minimum atomic E-state index is -0.213. The van der Waals surface area contributed by atoms with Gasteiger partial charge in [0, 0.05) is 24.3 Å². The van der Waals surface area contributed by atoms with E-state index in [1.165, 1.54) is 4.90 Å². The first-order valence-electron chi connectivity index (χ1n) is 6.03. The summed E-state index contributed by atoms with van der Waals surface area (Å²) in [5.41, 5.74) is -0.213. The number of imide groups is 1. The Morgan fingerprint density at radius 3 is 2.44 bits per heavy atom. The smallest absolute Gasteiger partial charge is 0.232 e. The standard InChI is InChI=1S/C12H19NO3/c1-9-6-10(15)13(11(9)16)7-12(8-14)4-2-3-5-12/h9,14H,2-8H2,1H3. The highest BCUT2D eigenvalue weighted by atomic mass is 16.3. The zero-order chi connectivity index (χ0) is 11.8. The number of carbonyl (C=O) groups excluding carboxylic acids is 2. The molecule has 2 aliphatic rings. The molecule has 0 radical (unpaired) electrons. The lowest BCUT2D eigenvalue weighted by Crippen LogP contribution is -2.41. The fourth-order valence-electron chi connectivity index (χ4n) is 2.84. The fraction of sp³-hybridized carbons (Fsp3) is 0.833. The summed E-state index contributed by atoms with van der Waals surface area (Å²) in [4.78, 5) is 24.8. The first-order valence-corrected chi connectivity index (χ1v) is 6.03. The Hall–Kier alpha value is -0.900. The second-order valence-corrected chi connectivity index (χ2v) is 5.29. The molecular weight excluding hydrogens is 206 g/mol. The van der Waals surface area contributed by atoms with Crippen LogP contribution in [0, 0.1) is 11.3 Å². The molecule has 1 aliphatic heterocycles. The highest BCUT2D eigenvalue weighted by Crippen LogP contribution is 2.39. The number of aliphatic hydroxyl groups is 1. The lowest BCUT2D eigenvalue weighted by molar-refractivity contribution is -0.141. The Bertz CT molecular complexity index is 307. The molecule has 0 aromatic heterocycles. The van der Waals surface area contributed by atoms with Crippen LogP contribution in [0.4, 0.5) is 0 Å². The van der Waals surface area contributed by atoms with Crippen molar-refractivity contribution >= 4 is 11.8 Å². The molecular formula is C12H19NO3. The lowest BCUT2D eigenvalue weighted by Gasteiger charge is -2.30. The van der Waals surface area contributed by atoms with E-state index in [0.29, 0.717) is 13.0 Å². The van der Waals surface area contributed by atoms with Crippen LogP contribution in [-0.2, 0) is 9.59 Å². The molecule has 1 saturated heterocycles. The van der Waals surface area contributed by atoms with Crippen molar-refractivity contribution in [3.8, 4) is 0 Å². The summed E-state index contributed by atoms with van der Waals surface area (Å²) in [7, 11) is 0. The maximum absolute atomic E-state index is 11.8. The maximum atomic E-state index is 11.8. The third-order valence-corrected chi connectivity index (χ3v) is 3.96. The summed E-state index contributed by atoms with van der Waals surface area (Å²) in [5, 5.41) is 9.47. The molecule has 1 atom stereocenters. The summed E-state index contributed by atoms with van der Waals surface area (Å²) in [6.07, 6.45) is 4.36. The van der Waals surface area contributed by atoms with Crippen LogP contribution in [-0.4, -0.2) is 35.0 Å². The predicted molar refractivity (Wildman–Crippen MR) is 58.5 cm³/mol. The topological polar surface area (TPSA) is 57.6 Å². The van der Waals surface area contributed by atoms with Gasteiger partial charge in [0.2, 0.25) is 11.8 Å². The van der Waals surface area contributed by atoms with E-state index in [4.69, 9.17) is 0 Å². The van der Waals surface area contributed by atoms with Crippen LogP contribution in [0.1, 0.15) is 39.0 Å². The van der Waals surface area contributed by atoms with Gasteiger partial charge in [-0.25, -0.2) is 0 Å². The Morgan fingerprint density at radius 1 is 1.38 bits per heavy atom. The minimum Gasteiger partial charge on any atom is -0.396 e. The predicted octanol–water partition coefficient (Wildman–Crippen LogP) is 0.934. The molecule has 4 nitrogen and oxygen atoms in total. The number of carbonyl (C=O) groups is 2. The highest BCUT2D eigenvalue weighted by Gasteiger charge is 2.42. The molecule has 4 heteroatoms. The van der Waals surface area contributed by atoms with E-state index in [1.54, 1.807) is 6.92 Å². The third-order valence-electron chi connectivity index (χ3n) is 3.96. The van der Waals surface area contributed by atoms with Gasteiger partial charge in [0.05, 0.1) is 6.61 Å². The summed E-state index contributed by atoms with van der Waals surface area (Å²) in [6.45, 7) is 2.30. The van der Waals surface area contributed by atoms with Crippen LogP contribution < -0.4 is 0 Å². The highest BCUT2D eigenvalue weighted by molar-refractivity contribution is 6.03. The van der Waals surface area contributed by atoms with Gasteiger partial charge in [-0.05, 0) is 12.8 Å². The Morgan fingerprint density at radius 2 is 2.00 bits per heavy atom. The molecule has 0 bridgehead atoms. The van der Waals surface area contributed by atoms with E-state index < -0.39 is 0 Å². The molecule has 2 amide bonds. The first-order chi connectivity index (χ1) is 7.58. The molecule has 0 aromatic carbocycles. The number of likely N-dealkylation sites (tertiary alicyclic amines) is 1. The van der Waals surface area contributed by atoms with Crippen molar-refractivity contribution in [3.63, 3.8) is 0 Å². The van der Waals surface area contributed by atoms with Crippen LogP contribution >= 0.6 is 0 Å². The van der Waals surface area contributed by atoms with E-state index in [1.807, 2.05) is 0 Å². The van der Waals surface area contributed by atoms with Gasteiger partial charge in [-0.1, -0.05) is 19.8 Å². The lowest BCUT2D eigenvalue weighted by atomic mass is 9.86. The van der Waals surface area contributed by atoms with Crippen molar-refractivity contribution in [3.05, 3.63) is 0 Å². The van der Waals surface area contributed by atoms with Gasteiger partial charge in [0.15, 0.2) is 0 Å². The average molecular weight is 225 g/mol. The number of nitrogens with zero attached hydrogens (tertiary/aromatic N) is 1. The third kappa shape index (κ3) is 1.86. The van der Waals surface area contributed by atoms with E-state index in [0.717, 1.165) is 25.7 Å². The van der Waals surface area contributed by atoms with Crippen molar-refractivity contribution in [2.75, 3.05) is 13.2 Å². The normalized spacial score (nSPS) is 29.1. The van der Waals surface area contributed by atoms with Gasteiger partial charge in [-0.3, -0.25) is 14.5 Å². The molecule has 0 aromatic rings. The van der Waals surface area contributed by atoms with Gasteiger partial charge in [0.25, 0.3) is 0 Å². The van der Waals surface area contributed by atoms with Crippen LogP contribution in [0.25, 0.3) is 0 Å². The second-order valence-electron chi connectivity index (χ2n) is 5.29. The monoisotopic (exact) mass is 225 g/mol. The van der Waals surface area contributed by atoms with Crippen molar-refractivity contribution in [2.45, 2.75) is 39.0 Å². The maximum Gasteiger partial charge on any atom is 0.232 e. The van der Waals surface area contributed by atoms with Gasteiger partial charge < -0.3 is 5.11 Å². The quantitative estimate of drug-likeness (QED) is 0.727. The largest absolute Gasteiger partial charge is 0.396 e. The molecule has 2 fully saturated rings. The second kappa shape index (κ2) is 4.17. The zero-order valence-electron chi connectivity index (χ0n) is 9.74. The molecule has 1 heterocycles. The molecule has 16 heavy (non-hydrogen) atoms. The summed E-state index contributed by atoms with van der Waals surface area (Å²) in [6, 6.07) is 0. The minimum absolute atomic E-state index is 0.0651. The number of hydrogen-bond acceptors (Lipinski definition) is 3. The van der Waals surface area contributed by atoms with E-state index in [2.05, 4.69) is 0 Å². The summed E-state index contributed by atoms with van der Waals surface area (Å²) >= 11 is 0. The molecule has 1 aliphatic carbocycles. The average Bonchev–Trinajstić information content (AvgIpc) is 2.81. The molecule has 90 valence electrons. The Labute approximate surface area is 95.6 Å². The summed E-state index contributed by atoms with van der Waals surface area (Å²) in [5.74, 6) is -0.313. The molecule has 2 rings (SSSR count). The molecule has 1 N–H and O–H groups in total. The number of amides is 2.